The summed E-state index contributed by atoms with van der Waals surface area (Å²) in [6, 6.07) is 0. The van der Waals surface area contributed by atoms with E-state index in [0.717, 1.165) is 22.1 Å². The van der Waals surface area contributed by atoms with Crippen molar-refractivity contribution in [1.29, 1.82) is 0 Å². The van der Waals surface area contributed by atoms with Crippen molar-refractivity contribution in [2.75, 3.05) is 19.8 Å². The number of hydrogen-bond acceptors (Lipinski definition) is 5. The smallest absolute Gasteiger partial charge is 0.308 e. The topological polar surface area (TPSA) is 83.4 Å². The third kappa shape index (κ3) is 4.98. The molecule has 0 aliphatic carbocycles. The van der Waals surface area contributed by atoms with Gasteiger partial charge in [0.1, 0.15) is 0 Å². The fourth-order valence-electron chi connectivity index (χ4n) is 2.18. The zero-order chi connectivity index (χ0) is 16.9. The van der Waals surface area contributed by atoms with E-state index in [4.69, 9.17) is 5.11 Å². The van der Waals surface area contributed by atoms with E-state index >= 15 is 0 Å². The van der Waals surface area contributed by atoms with Crippen LogP contribution in [0.15, 0.2) is 5.16 Å². The van der Waals surface area contributed by atoms with Gasteiger partial charge in [0, 0.05) is 31.4 Å². The first kappa shape index (κ1) is 18.4. The lowest BCUT2D eigenvalue weighted by molar-refractivity contribution is -0.142. The number of aromatic nitrogens is 2. The zero-order valence-electron chi connectivity index (χ0n) is 13.7. The summed E-state index contributed by atoms with van der Waals surface area (Å²) in [4.78, 5) is 33.2. The third-order valence-corrected chi connectivity index (χ3v) is 4.11. The van der Waals surface area contributed by atoms with E-state index in [1.807, 2.05) is 20.1 Å². The second-order valence-electron chi connectivity index (χ2n) is 5.37. The van der Waals surface area contributed by atoms with Crippen molar-refractivity contribution in [3.05, 3.63) is 17.0 Å². The van der Waals surface area contributed by atoms with Crippen LogP contribution in [-0.4, -0.2) is 51.7 Å². The van der Waals surface area contributed by atoms with Crippen molar-refractivity contribution >= 4 is 23.6 Å². The molecule has 1 unspecified atom stereocenters. The highest BCUT2D eigenvalue weighted by atomic mass is 32.2. The van der Waals surface area contributed by atoms with Crippen LogP contribution in [-0.2, 0) is 16.0 Å². The second-order valence-corrected chi connectivity index (χ2v) is 6.15. The summed E-state index contributed by atoms with van der Waals surface area (Å²) in [6.07, 6.45) is 2.82. The van der Waals surface area contributed by atoms with Gasteiger partial charge in [-0.1, -0.05) is 18.7 Å². The molecule has 0 aliphatic rings. The predicted octanol–water partition coefficient (Wildman–Crippen LogP) is 1.93. The lowest BCUT2D eigenvalue weighted by Crippen LogP contribution is -2.33. The van der Waals surface area contributed by atoms with Gasteiger partial charge in [-0.2, -0.15) is 0 Å². The molecule has 7 heteroatoms. The molecule has 0 saturated carbocycles. The van der Waals surface area contributed by atoms with Crippen LogP contribution in [0.1, 0.15) is 30.3 Å². The van der Waals surface area contributed by atoms with Gasteiger partial charge in [0.15, 0.2) is 5.16 Å². The number of aryl methyl sites for hydroxylation is 2. The minimum absolute atomic E-state index is 0.0687. The molecule has 1 rings (SSSR count). The first-order valence-corrected chi connectivity index (χ1v) is 8.33. The average Bonchev–Trinajstić information content (AvgIpc) is 2.45. The van der Waals surface area contributed by atoms with Crippen molar-refractivity contribution < 1.29 is 14.7 Å². The summed E-state index contributed by atoms with van der Waals surface area (Å²) in [5.74, 6) is -1.53. The monoisotopic (exact) mass is 325 g/mol. The van der Waals surface area contributed by atoms with E-state index in [0.29, 0.717) is 12.8 Å². The molecule has 1 aromatic rings. The summed E-state index contributed by atoms with van der Waals surface area (Å²) >= 11 is 1.49. The molecule has 22 heavy (non-hydrogen) atoms. The Balaban J connectivity index is 2.66. The van der Waals surface area contributed by atoms with Crippen LogP contribution in [0.5, 0.6) is 0 Å². The summed E-state index contributed by atoms with van der Waals surface area (Å²) in [6.45, 7) is 5.65. The molecule has 0 aliphatic heterocycles. The Morgan fingerprint density at radius 1 is 1.27 bits per heavy atom. The molecular formula is C15H23N3O3S. The molecule has 0 aromatic carbocycles. The van der Waals surface area contributed by atoms with Gasteiger partial charge < -0.3 is 10.0 Å². The first-order valence-electron chi connectivity index (χ1n) is 7.11. The molecule has 0 saturated heterocycles. The minimum atomic E-state index is -0.896. The van der Waals surface area contributed by atoms with Crippen molar-refractivity contribution in [2.45, 2.75) is 38.8 Å². The van der Waals surface area contributed by atoms with Crippen LogP contribution in [0.25, 0.3) is 0 Å². The van der Waals surface area contributed by atoms with Gasteiger partial charge in [-0.05, 0) is 32.1 Å². The number of carbonyl (C=O) groups is 2. The molecule has 1 amide bonds. The average molecular weight is 325 g/mol. The molecule has 0 bridgehead atoms. The van der Waals surface area contributed by atoms with E-state index in [9.17, 15) is 9.59 Å². The third-order valence-electron chi connectivity index (χ3n) is 3.57. The molecule has 6 nitrogen and oxygen atoms in total. The number of amides is 1. The Morgan fingerprint density at radius 2 is 1.82 bits per heavy atom. The normalized spacial score (nSPS) is 12.0. The highest BCUT2D eigenvalue weighted by Gasteiger charge is 2.18. The largest absolute Gasteiger partial charge is 0.481 e. The predicted molar refractivity (Wildman–Crippen MR) is 86.0 cm³/mol. The van der Waals surface area contributed by atoms with Gasteiger partial charge in [-0.3, -0.25) is 9.59 Å². The fourth-order valence-corrected chi connectivity index (χ4v) is 2.63. The van der Waals surface area contributed by atoms with E-state index < -0.39 is 11.9 Å². The molecule has 1 N–H and O–H groups in total. The number of rotatable bonds is 7. The summed E-state index contributed by atoms with van der Waals surface area (Å²) in [5.41, 5.74) is 2.78. The number of carboxylic acids is 1. The van der Waals surface area contributed by atoms with Crippen molar-refractivity contribution in [3.63, 3.8) is 0 Å². The lowest BCUT2D eigenvalue weighted by atomic mass is 10.1. The number of hydrogen-bond donors (Lipinski definition) is 1. The van der Waals surface area contributed by atoms with Crippen LogP contribution in [0.2, 0.25) is 0 Å². The van der Waals surface area contributed by atoms with Crippen LogP contribution >= 0.6 is 11.8 Å². The zero-order valence-corrected chi connectivity index (χ0v) is 14.5. The highest BCUT2D eigenvalue weighted by Crippen LogP contribution is 2.17. The maximum absolute atomic E-state index is 12.1. The summed E-state index contributed by atoms with van der Waals surface area (Å²) in [7, 11) is 1.63. The standard InChI is InChI=1S/C15H23N3O3S/c1-9(14(20)21)8-18(4)13(19)7-6-12-10(2)16-15(22-5)17-11(12)3/h9H,6-8H2,1-5H3,(H,20,21). The molecule has 0 radical (unpaired) electrons. The lowest BCUT2D eigenvalue weighted by Gasteiger charge is -2.20. The van der Waals surface area contributed by atoms with Gasteiger partial charge in [-0.25, -0.2) is 9.97 Å². The maximum atomic E-state index is 12.1. The molecule has 1 aromatic heterocycles. The van der Waals surface area contributed by atoms with Crippen LogP contribution in [0.3, 0.4) is 0 Å². The van der Waals surface area contributed by atoms with E-state index in [1.165, 1.54) is 16.7 Å². The fraction of sp³-hybridized carbons (Fsp3) is 0.600. The van der Waals surface area contributed by atoms with E-state index in [1.54, 1.807) is 14.0 Å². The Kier molecular flexibility index (Phi) is 6.80. The van der Waals surface area contributed by atoms with Crippen LogP contribution in [0.4, 0.5) is 0 Å². The molecule has 0 spiro atoms. The SMILES string of the molecule is CSc1nc(C)c(CCC(=O)N(C)CC(C)C(=O)O)c(C)n1. The Hall–Kier alpha value is -1.63. The molecule has 0 fully saturated rings. The number of carboxylic acid groups (broad SMARTS) is 1. The van der Waals surface area contributed by atoms with Gasteiger partial charge in [-0.15, -0.1) is 0 Å². The number of thioether (sulfide) groups is 1. The number of nitrogens with zero attached hydrogens (tertiary/aromatic N) is 3. The Morgan fingerprint density at radius 3 is 2.27 bits per heavy atom. The highest BCUT2D eigenvalue weighted by molar-refractivity contribution is 7.98. The van der Waals surface area contributed by atoms with Crippen LogP contribution in [0, 0.1) is 19.8 Å². The van der Waals surface area contributed by atoms with Crippen LogP contribution < -0.4 is 0 Å². The molecule has 1 heterocycles. The number of carbonyl (C=O) groups excluding carboxylic acids is 1. The Labute approximate surface area is 135 Å². The van der Waals surface area contributed by atoms with Gasteiger partial charge in [0.05, 0.1) is 5.92 Å². The minimum Gasteiger partial charge on any atom is -0.481 e. The van der Waals surface area contributed by atoms with Gasteiger partial charge >= 0.3 is 5.97 Å². The Bertz CT molecular complexity index is 540. The molecule has 122 valence electrons. The summed E-state index contributed by atoms with van der Waals surface area (Å²) in [5, 5.41) is 9.62. The second kappa shape index (κ2) is 8.12. The van der Waals surface area contributed by atoms with E-state index in [-0.39, 0.29) is 12.5 Å². The molecular weight excluding hydrogens is 302 g/mol. The van der Waals surface area contributed by atoms with Crippen molar-refractivity contribution in [1.82, 2.24) is 14.9 Å². The number of aliphatic carboxylic acids is 1. The van der Waals surface area contributed by atoms with E-state index in [2.05, 4.69) is 9.97 Å². The van der Waals surface area contributed by atoms with Crippen molar-refractivity contribution in [3.8, 4) is 0 Å². The molecule has 1 atom stereocenters. The van der Waals surface area contributed by atoms with Crippen molar-refractivity contribution in [2.24, 2.45) is 5.92 Å². The summed E-state index contributed by atoms with van der Waals surface area (Å²) < 4.78 is 0. The quantitative estimate of drug-likeness (QED) is 0.609. The first-order chi connectivity index (χ1) is 10.3. The maximum Gasteiger partial charge on any atom is 0.308 e. The van der Waals surface area contributed by atoms with Gasteiger partial charge in [0.2, 0.25) is 5.91 Å². The van der Waals surface area contributed by atoms with Gasteiger partial charge in [0.25, 0.3) is 0 Å².